The number of amides is 1. The molecule has 2 rings (SSSR count). The number of fused-ring (bicyclic) bond motifs is 1. The van der Waals surface area contributed by atoms with Gasteiger partial charge in [-0.2, -0.15) is 0 Å². The lowest BCUT2D eigenvalue weighted by molar-refractivity contribution is -0.122. The van der Waals surface area contributed by atoms with Gasteiger partial charge in [-0.25, -0.2) is 4.98 Å². The molecule has 0 bridgehead atoms. The number of H-pyrrole nitrogens is 1. The van der Waals surface area contributed by atoms with E-state index in [2.05, 4.69) is 15.3 Å². The van der Waals surface area contributed by atoms with Crippen molar-refractivity contribution in [1.82, 2.24) is 15.3 Å². The van der Waals surface area contributed by atoms with Crippen molar-refractivity contribution in [2.75, 3.05) is 6.61 Å². The maximum absolute atomic E-state index is 11.8. The van der Waals surface area contributed by atoms with Gasteiger partial charge in [-0.05, 0) is 18.1 Å². The van der Waals surface area contributed by atoms with E-state index in [1.165, 1.54) is 0 Å². The molecule has 20 heavy (non-hydrogen) atoms. The summed E-state index contributed by atoms with van der Waals surface area (Å²) in [7, 11) is 0. The Morgan fingerprint density at radius 3 is 2.80 bits per heavy atom. The molecule has 0 aliphatic carbocycles. The van der Waals surface area contributed by atoms with Crippen LogP contribution in [0.4, 0.5) is 0 Å². The summed E-state index contributed by atoms with van der Waals surface area (Å²) < 4.78 is 0. The van der Waals surface area contributed by atoms with Crippen molar-refractivity contribution in [3.8, 4) is 0 Å². The molecule has 5 heteroatoms. The molecular weight excluding hydrogens is 254 g/mol. The second kappa shape index (κ2) is 6.52. The molecule has 1 heterocycles. The molecule has 0 aliphatic heterocycles. The summed E-state index contributed by atoms with van der Waals surface area (Å²) in [6.45, 7) is 3.91. The van der Waals surface area contributed by atoms with Crippen LogP contribution < -0.4 is 5.32 Å². The van der Waals surface area contributed by atoms with Crippen molar-refractivity contribution in [2.24, 2.45) is 5.92 Å². The largest absolute Gasteiger partial charge is 0.394 e. The number of imidazole rings is 1. The van der Waals surface area contributed by atoms with Crippen molar-refractivity contribution >= 4 is 16.9 Å². The van der Waals surface area contributed by atoms with Crippen LogP contribution in [-0.2, 0) is 11.2 Å². The van der Waals surface area contributed by atoms with E-state index < -0.39 is 0 Å². The minimum absolute atomic E-state index is 0.0337. The monoisotopic (exact) mass is 275 g/mol. The zero-order chi connectivity index (χ0) is 14.5. The fourth-order valence-corrected chi connectivity index (χ4v) is 2.06. The molecule has 2 aromatic rings. The van der Waals surface area contributed by atoms with Gasteiger partial charge in [0.25, 0.3) is 0 Å². The van der Waals surface area contributed by atoms with Crippen LogP contribution in [0.15, 0.2) is 24.3 Å². The van der Waals surface area contributed by atoms with Crippen LogP contribution in [0.2, 0.25) is 0 Å². The molecule has 5 nitrogen and oxygen atoms in total. The maximum atomic E-state index is 11.8. The lowest BCUT2D eigenvalue weighted by atomic mass is 10.1. The van der Waals surface area contributed by atoms with Gasteiger partial charge in [-0.3, -0.25) is 4.79 Å². The van der Waals surface area contributed by atoms with Crippen LogP contribution in [-0.4, -0.2) is 33.6 Å². The molecule has 0 saturated heterocycles. The van der Waals surface area contributed by atoms with E-state index in [4.69, 9.17) is 0 Å². The average molecular weight is 275 g/mol. The van der Waals surface area contributed by atoms with E-state index in [0.29, 0.717) is 12.8 Å². The SMILES string of the molecule is CC(C)C(CO)NC(=O)CCc1nc2ccccc2[nH]1. The highest BCUT2D eigenvalue weighted by molar-refractivity contribution is 5.77. The Morgan fingerprint density at radius 2 is 2.15 bits per heavy atom. The van der Waals surface area contributed by atoms with Crippen molar-refractivity contribution < 1.29 is 9.90 Å². The Labute approximate surface area is 118 Å². The second-order valence-corrected chi connectivity index (χ2v) is 5.30. The smallest absolute Gasteiger partial charge is 0.220 e. The zero-order valence-corrected chi connectivity index (χ0v) is 11.9. The van der Waals surface area contributed by atoms with E-state index >= 15 is 0 Å². The average Bonchev–Trinajstić information content (AvgIpc) is 2.85. The number of aromatic nitrogens is 2. The van der Waals surface area contributed by atoms with Gasteiger partial charge < -0.3 is 15.4 Å². The number of rotatable bonds is 6. The van der Waals surface area contributed by atoms with Gasteiger partial charge in [0.1, 0.15) is 5.82 Å². The molecule has 0 fully saturated rings. The molecule has 0 saturated carbocycles. The quantitative estimate of drug-likeness (QED) is 0.749. The standard InChI is InChI=1S/C15H21N3O2/c1-10(2)13(9-19)18-15(20)8-7-14-16-11-5-3-4-6-12(11)17-14/h3-6,10,13,19H,7-9H2,1-2H3,(H,16,17)(H,18,20). The molecule has 0 spiro atoms. The van der Waals surface area contributed by atoms with Crippen LogP contribution in [0, 0.1) is 5.92 Å². The van der Waals surface area contributed by atoms with Crippen LogP contribution >= 0.6 is 0 Å². The normalized spacial score (nSPS) is 12.8. The Hall–Kier alpha value is -1.88. The van der Waals surface area contributed by atoms with Crippen molar-refractivity contribution in [2.45, 2.75) is 32.7 Å². The minimum atomic E-state index is -0.182. The topological polar surface area (TPSA) is 78.0 Å². The first-order chi connectivity index (χ1) is 9.60. The van der Waals surface area contributed by atoms with Crippen LogP contribution in [0.3, 0.4) is 0 Å². The number of aromatic amines is 1. The van der Waals surface area contributed by atoms with Gasteiger partial charge in [-0.15, -0.1) is 0 Å². The van der Waals surface area contributed by atoms with Gasteiger partial charge in [0, 0.05) is 12.8 Å². The van der Waals surface area contributed by atoms with Crippen LogP contribution in [0.1, 0.15) is 26.1 Å². The summed E-state index contributed by atoms with van der Waals surface area (Å²) in [5.74, 6) is 0.972. The summed E-state index contributed by atoms with van der Waals surface area (Å²) in [6.07, 6.45) is 0.930. The zero-order valence-electron chi connectivity index (χ0n) is 11.9. The summed E-state index contributed by atoms with van der Waals surface area (Å²) >= 11 is 0. The number of carbonyl (C=O) groups excluding carboxylic acids is 1. The van der Waals surface area contributed by atoms with Gasteiger partial charge >= 0.3 is 0 Å². The molecule has 0 radical (unpaired) electrons. The Balaban J connectivity index is 1.89. The summed E-state index contributed by atoms with van der Waals surface area (Å²) in [4.78, 5) is 19.5. The lowest BCUT2D eigenvalue weighted by Gasteiger charge is -2.19. The van der Waals surface area contributed by atoms with Crippen molar-refractivity contribution in [3.63, 3.8) is 0 Å². The minimum Gasteiger partial charge on any atom is -0.394 e. The fraction of sp³-hybridized carbons (Fsp3) is 0.467. The van der Waals surface area contributed by atoms with Gasteiger partial charge in [0.15, 0.2) is 0 Å². The molecule has 1 aromatic heterocycles. The highest BCUT2D eigenvalue weighted by Gasteiger charge is 2.15. The van der Waals surface area contributed by atoms with E-state index in [-0.39, 0.29) is 24.5 Å². The molecule has 1 unspecified atom stereocenters. The summed E-state index contributed by atoms with van der Waals surface area (Å²) in [5.41, 5.74) is 1.90. The second-order valence-electron chi connectivity index (χ2n) is 5.30. The highest BCUT2D eigenvalue weighted by atomic mass is 16.3. The van der Waals surface area contributed by atoms with E-state index in [9.17, 15) is 9.90 Å². The molecule has 1 amide bonds. The molecule has 3 N–H and O–H groups in total. The van der Waals surface area contributed by atoms with Gasteiger partial charge in [0.2, 0.25) is 5.91 Å². The Kier molecular flexibility index (Phi) is 4.74. The molecule has 1 atom stereocenters. The number of aliphatic hydroxyl groups excluding tert-OH is 1. The number of aryl methyl sites for hydroxylation is 1. The first-order valence-electron chi connectivity index (χ1n) is 6.94. The van der Waals surface area contributed by atoms with Gasteiger partial charge in [-0.1, -0.05) is 26.0 Å². The van der Waals surface area contributed by atoms with E-state index in [0.717, 1.165) is 16.9 Å². The third kappa shape index (κ3) is 3.57. The molecule has 108 valence electrons. The first-order valence-corrected chi connectivity index (χ1v) is 6.94. The third-order valence-corrected chi connectivity index (χ3v) is 3.38. The van der Waals surface area contributed by atoms with Gasteiger partial charge in [0.05, 0.1) is 23.7 Å². The number of nitrogens with zero attached hydrogens (tertiary/aromatic N) is 1. The molecular formula is C15H21N3O2. The van der Waals surface area contributed by atoms with Crippen molar-refractivity contribution in [1.29, 1.82) is 0 Å². The summed E-state index contributed by atoms with van der Waals surface area (Å²) in [5, 5.41) is 12.0. The number of carbonyl (C=O) groups is 1. The van der Waals surface area contributed by atoms with E-state index in [1.54, 1.807) is 0 Å². The predicted molar refractivity (Wildman–Crippen MR) is 78.3 cm³/mol. The molecule has 0 aliphatic rings. The van der Waals surface area contributed by atoms with Crippen LogP contribution in [0.5, 0.6) is 0 Å². The predicted octanol–water partition coefficient (Wildman–Crippen LogP) is 1.63. The van der Waals surface area contributed by atoms with Crippen molar-refractivity contribution in [3.05, 3.63) is 30.1 Å². The number of para-hydroxylation sites is 2. The Morgan fingerprint density at radius 1 is 1.40 bits per heavy atom. The van der Waals surface area contributed by atoms with E-state index in [1.807, 2.05) is 38.1 Å². The maximum Gasteiger partial charge on any atom is 0.220 e. The third-order valence-electron chi connectivity index (χ3n) is 3.38. The number of hydrogen-bond acceptors (Lipinski definition) is 3. The number of aliphatic hydroxyl groups is 1. The number of benzene rings is 1. The first kappa shape index (κ1) is 14.5. The number of nitrogens with one attached hydrogen (secondary N) is 2. The Bertz CT molecular complexity index is 544. The highest BCUT2D eigenvalue weighted by Crippen LogP contribution is 2.11. The van der Waals surface area contributed by atoms with Crippen LogP contribution in [0.25, 0.3) is 11.0 Å². The molecule has 1 aromatic carbocycles. The lowest BCUT2D eigenvalue weighted by Crippen LogP contribution is -2.41. The fourth-order valence-electron chi connectivity index (χ4n) is 2.06. The number of hydrogen-bond donors (Lipinski definition) is 3. The summed E-state index contributed by atoms with van der Waals surface area (Å²) in [6, 6.07) is 7.61.